The molecule has 0 aromatic rings. The van der Waals surface area contributed by atoms with Crippen LogP contribution in [0.5, 0.6) is 0 Å². The van der Waals surface area contributed by atoms with Crippen LogP contribution in [-0.2, 0) is 9.53 Å². The summed E-state index contributed by atoms with van der Waals surface area (Å²) in [4.78, 5) is 14.7. The first kappa shape index (κ1) is 16.7. The Labute approximate surface area is 128 Å². The van der Waals surface area contributed by atoms with E-state index < -0.39 is 0 Å². The second-order valence-electron chi connectivity index (χ2n) is 6.65. The third-order valence-electron chi connectivity index (χ3n) is 5.07. The minimum absolute atomic E-state index is 0.00147. The van der Waals surface area contributed by atoms with Gasteiger partial charge in [0, 0.05) is 31.8 Å². The average Bonchev–Trinajstić information content (AvgIpc) is 2.52. The Bertz CT molecular complexity index is 331. The number of carbonyl (C=O) groups excluding carboxylic acids is 1. The minimum Gasteiger partial charge on any atom is -0.381 e. The Morgan fingerprint density at radius 1 is 1.33 bits per heavy atom. The SMILES string of the molecule is CC1CCCCN1C(C)CNC(=O)C(N)C1CCOCC1. The fraction of sp³-hybridized carbons (Fsp3) is 0.938. The molecule has 2 saturated heterocycles. The molecule has 0 aromatic carbocycles. The van der Waals surface area contributed by atoms with Crippen molar-refractivity contribution in [3.8, 4) is 0 Å². The number of ether oxygens (including phenoxy) is 1. The average molecular weight is 297 g/mol. The highest BCUT2D eigenvalue weighted by Gasteiger charge is 2.28. The monoisotopic (exact) mass is 297 g/mol. The molecule has 2 rings (SSSR count). The minimum atomic E-state index is -0.389. The van der Waals surface area contributed by atoms with Crippen molar-refractivity contribution < 1.29 is 9.53 Å². The molecule has 0 aromatic heterocycles. The third kappa shape index (κ3) is 4.66. The van der Waals surface area contributed by atoms with Gasteiger partial charge in [-0.25, -0.2) is 0 Å². The van der Waals surface area contributed by atoms with Gasteiger partial charge in [-0.1, -0.05) is 6.42 Å². The van der Waals surface area contributed by atoms with Crippen LogP contribution >= 0.6 is 0 Å². The number of hydrogen-bond acceptors (Lipinski definition) is 4. The second-order valence-corrected chi connectivity index (χ2v) is 6.65. The molecule has 3 N–H and O–H groups in total. The smallest absolute Gasteiger partial charge is 0.237 e. The van der Waals surface area contributed by atoms with Crippen LogP contribution in [0.25, 0.3) is 0 Å². The lowest BCUT2D eigenvalue weighted by Gasteiger charge is -2.38. The van der Waals surface area contributed by atoms with E-state index >= 15 is 0 Å². The summed E-state index contributed by atoms with van der Waals surface area (Å²) in [5.41, 5.74) is 6.10. The fourth-order valence-electron chi connectivity index (χ4n) is 3.55. The number of amides is 1. The summed E-state index contributed by atoms with van der Waals surface area (Å²) < 4.78 is 5.33. The van der Waals surface area contributed by atoms with Gasteiger partial charge in [-0.2, -0.15) is 0 Å². The Kier molecular flexibility index (Phi) is 6.45. The summed E-state index contributed by atoms with van der Waals surface area (Å²) >= 11 is 0. The summed E-state index contributed by atoms with van der Waals surface area (Å²) in [6.07, 6.45) is 5.65. The van der Waals surface area contributed by atoms with Crippen LogP contribution in [0.4, 0.5) is 0 Å². The molecule has 2 aliphatic heterocycles. The van der Waals surface area contributed by atoms with E-state index in [9.17, 15) is 4.79 Å². The van der Waals surface area contributed by atoms with Crippen molar-refractivity contribution in [2.24, 2.45) is 11.7 Å². The van der Waals surface area contributed by atoms with Crippen molar-refractivity contribution >= 4 is 5.91 Å². The molecule has 0 radical (unpaired) electrons. The number of nitrogens with zero attached hydrogens (tertiary/aromatic N) is 1. The zero-order valence-electron chi connectivity index (χ0n) is 13.5. The number of rotatable bonds is 5. The van der Waals surface area contributed by atoms with Crippen molar-refractivity contribution in [2.45, 2.75) is 64.1 Å². The maximum absolute atomic E-state index is 12.2. The van der Waals surface area contributed by atoms with E-state index in [0.717, 1.165) is 32.6 Å². The largest absolute Gasteiger partial charge is 0.381 e. The fourth-order valence-corrected chi connectivity index (χ4v) is 3.55. The van der Waals surface area contributed by atoms with Crippen LogP contribution in [0.2, 0.25) is 0 Å². The molecule has 0 spiro atoms. The van der Waals surface area contributed by atoms with Gasteiger partial charge in [-0.15, -0.1) is 0 Å². The lowest BCUT2D eigenvalue weighted by atomic mass is 9.92. The van der Waals surface area contributed by atoms with Crippen LogP contribution in [0.15, 0.2) is 0 Å². The molecule has 0 aliphatic carbocycles. The standard InChI is InChI=1S/C16H31N3O2/c1-12-5-3-4-8-19(12)13(2)11-18-16(20)15(17)14-6-9-21-10-7-14/h12-15H,3-11,17H2,1-2H3,(H,18,20). The van der Waals surface area contributed by atoms with E-state index in [1.807, 2.05) is 0 Å². The van der Waals surface area contributed by atoms with Gasteiger partial charge in [-0.3, -0.25) is 9.69 Å². The predicted molar refractivity (Wildman–Crippen MR) is 84.0 cm³/mol. The molecule has 122 valence electrons. The number of likely N-dealkylation sites (tertiary alicyclic amines) is 1. The zero-order chi connectivity index (χ0) is 15.2. The molecule has 2 aliphatic rings. The first-order valence-electron chi connectivity index (χ1n) is 8.46. The molecule has 5 nitrogen and oxygen atoms in total. The molecule has 5 heteroatoms. The normalized spacial score (nSPS) is 28.0. The summed E-state index contributed by atoms with van der Waals surface area (Å²) in [5, 5.41) is 3.05. The number of carbonyl (C=O) groups is 1. The molecule has 2 fully saturated rings. The number of piperidine rings is 1. The number of hydrogen-bond donors (Lipinski definition) is 2. The molecule has 2 heterocycles. The van der Waals surface area contributed by atoms with Gasteiger partial charge in [0.05, 0.1) is 6.04 Å². The van der Waals surface area contributed by atoms with Gasteiger partial charge in [0.2, 0.25) is 5.91 Å². The highest BCUT2D eigenvalue weighted by atomic mass is 16.5. The van der Waals surface area contributed by atoms with E-state index in [-0.39, 0.29) is 17.9 Å². The Hall–Kier alpha value is -0.650. The second kappa shape index (κ2) is 8.11. The molecular formula is C16H31N3O2. The van der Waals surface area contributed by atoms with E-state index in [2.05, 4.69) is 24.1 Å². The van der Waals surface area contributed by atoms with Crippen LogP contribution < -0.4 is 11.1 Å². The van der Waals surface area contributed by atoms with Gasteiger partial charge in [0.1, 0.15) is 0 Å². The van der Waals surface area contributed by atoms with Gasteiger partial charge in [0.25, 0.3) is 0 Å². The van der Waals surface area contributed by atoms with E-state index in [1.165, 1.54) is 19.3 Å². The summed E-state index contributed by atoms with van der Waals surface area (Å²) in [5.74, 6) is 0.265. The van der Waals surface area contributed by atoms with Gasteiger partial charge in [0.15, 0.2) is 0 Å². The molecule has 0 bridgehead atoms. The van der Waals surface area contributed by atoms with Crippen molar-refractivity contribution in [2.75, 3.05) is 26.3 Å². The lowest BCUT2D eigenvalue weighted by molar-refractivity contribution is -0.124. The molecule has 3 unspecified atom stereocenters. The Morgan fingerprint density at radius 3 is 2.71 bits per heavy atom. The van der Waals surface area contributed by atoms with Gasteiger partial charge >= 0.3 is 0 Å². The molecular weight excluding hydrogens is 266 g/mol. The molecule has 3 atom stereocenters. The zero-order valence-corrected chi connectivity index (χ0v) is 13.5. The van der Waals surface area contributed by atoms with Gasteiger partial charge in [-0.05, 0) is 52.0 Å². The molecule has 0 saturated carbocycles. The summed E-state index contributed by atoms with van der Waals surface area (Å²) in [6.45, 7) is 7.78. The third-order valence-corrected chi connectivity index (χ3v) is 5.07. The number of nitrogens with one attached hydrogen (secondary N) is 1. The van der Waals surface area contributed by atoms with E-state index in [4.69, 9.17) is 10.5 Å². The van der Waals surface area contributed by atoms with Crippen molar-refractivity contribution in [3.05, 3.63) is 0 Å². The van der Waals surface area contributed by atoms with Crippen LogP contribution in [-0.4, -0.2) is 55.2 Å². The summed E-state index contributed by atoms with van der Waals surface area (Å²) in [7, 11) is 0. The first-order valence-corrected chi connectivity index (χ1v) is 8.46. The van der Waals surface area contributed by atoms with Crippen molar-refractivity contribution in [3.63, 3.8) is 0 Å². The van der Waals surface area contributed by atoms with Crippen LogP contribution in [0, 0.1) is 5.92 Å². The van der Waals surface area contributed by atoms with Crippen LogP contribution in [0.1, 0.15) is 46.0 Å². The summed E-state index contributed by atoms with van der Waals surface area (Å²) in [6, 6.07) is 0.612. The predicted octanol–water partition coefficient (Wildman–Crippen LogP) is 1.12. The Balaban J connectivity index is 1.74. The van der Waals surface area contributed by atoms with E-state index in [0.29, 0.717) is 18.6 Å². The highest BCUT2D eigenvalue weighted by molar-refractivity contribution is 5.81. The van der Waals surface area contributed by atoms with E-state index in [1.54, 1.807) is 0 Å². The maximum Gasteiger partial charge on any atom is 0.237 e. The topological polar surface area (TPSA) is 67.6 Å². The first-order chi connectivity index (χ1) is 10.1. The lowest BCUT2D eigenvalue weighted by Crippen LogP contribution is -2.52. The molecule has 21 heavy (non-hydrogen) atoms. The highest BCUT2D eigenvalue weighted by Crippen LogP contribution is 2.19. The van der Waals surface area contributed by atoms with Crippen molar-refractivity contribution in [1.82, 2.24) is 10.2 Å². The van der Waals surface area contributed by atoms with Gasteiger partial charge < -0.3 is 15.8 Å². The number of nitrogens with two attached hydrogens (primary N) is 1. The Morgan fingerprint density at radius 2 is 2.05 bits per heavy atom. The quantitative estimate of drug-likeness (QED) is 0.798. The van der Waals surface area contributed by atoms with Crippen molar-refractivity contribution in [1.29, 1.82) is 0 Å². The molecule has 1 amide bonds. The maximum atomic E-state index is 12.2. The van der Waals surface area contributed by atoms with Crippen LogP contribution in [0.3, 0.4) is 0 Å².